The normalized spacial score (nSPS) is 13.1. The highest BCUT2D eigenvalue weighted by Gasteiger charge is 2.15. The second-order valence-electron chi connectivity index (χ2n) is 5.90. The van der Waals surface area contributed by atoms with E-state index in [9.17, 15) is 4.79 Å². The fourth-order valence-electron chi connectivity index (χ4n) is 1.65. The van der Waals surface area contributed by atoms with Gasteiger partial charge in [0.15, 0.2) is 0 Å². The first-order chi connectivity index (χ1) is 8.38. The molecule has 1 amide bonds. The number of nitrogens with two attached hydrogens (primary N) is 1. The third-order valence-electron chi connectivity index (χ3n) is 2.81. The molecule has 100 valence electrons. The Bertz CT molecular complexity index is 368. The molecule has 0 saturated carbocycles. The smallest absolute Gasteiger partial charge is 0.237 e. The molecule has 3 heteroatoms. The van der Waals surface area contributed by atoms with Crippen LogP contribution in [0.1, 0.15) is 32.8 Å². The summed E-state index contributed by atoms with van der Waals surface area (Å²) in [4.78, 5) is 11.8. The summed E-state index contributed by atoms with van der Waals surface area (Å²) in [5.74, 6) is -0.0666. The maximum absolute atomic E-state index is 11.8. The van der Waals surface area contributed by atoms with Gasteiger partial charge in [0.05, 0.1) is 6.04 Å². The molecule has 0 bridgehead atoms. The van der Waals surface area contributed by atoms with E-state index in [2.05, 4.69) is 26.1 Å². The second-order valence-corrected chi connectivity index (χ2v) is 5.90. The number of carbonyl (C=O) groups is 1. The van der Waals surface area contributed by atoms with Crippen LogP contribution in [0.5, 0.6) is 0 Å². The average Bonchev–Trinajstić information content (AvgIpc) is 2.28. The highest BCUT2D eigenvalue weighted by molar-refractivity contribution is 5.81. The summed E-state index contributed by atoms with van der Waals surface area (Å²) in [6.45, 7) is 7.15. The number of hydrogen-bond acceptors (Lipinski definition) is 2. The molecule has 0 aliphatic rings. The predicted octanol–water partition coefficient (Wildman–Crippen LogP) is 2.11. The number of carbonyl (C=O) groups excluding carboxylic acids is 1. The van der Waals surface area contributed by atoms with Gasteiger partial charge in [-0.1, -0.05) is 51.1 Å². The summed E-state index contributed by atoms with van der Waals surface area (Å²) < 4.78 is 0. The van der Waals surface area contributed by atoms with Crippen LogP contribution in [0.2, 0.25) is 0 Å². The van der Waals surface area contributed by atoms with Crippen molar-refractivity contribution in [3.8, 4) is 0 Å². The highest BCUT2D eigenvalue weighted by Crippen LogP contribution is 2.16. The van der Waals surface area contributed by atoms with E-state index in [0.717, 1.165) is 12.0 Å². The van der Waals surface area contributed by atoms with E-state index in [-0.39, 0.29) is 11.3 Å². The van der Waals surface area contributed by atoms with Crippen LogP contribution in [-0.2, 0) is 11.2 Å². The molecule has 0 aromatic heterocycles. The standard InChI is InChI=1S/C15H24N2O/c1-15(2,3)9-10-17-14(18)13(16)11-12-7-5-4-6-8-12/h4-8,13H,9-11,16H2,1-3H3,(H,17,18)/t13-/m0/s1. The molecule has 0 heterocycles. The van der Waals surface area contributed by atoms with E-state index in [1.54, 1.807) is 0 Å². The fourth-order valence-corrected chi connectivity index (χ4v) is 1.65. The fraction of sp³-hybridized carbons (Fsp3) is 0.533. The van der Waals surface area contributed by atoms with Crippen LogP contribution >= 0.6 is 0 Å². The highest BCUT2D eigenvalue weighted by atomic mass is 16.2. The quantitative estimate of drug-likeness (QED) is 0.838. The number of benzene rings is 1. The van der Waals surface area contributed by atoms with Gasteiger partial charge in [-0.2, -0.15) is 0 Å². The molecule has 0 aliphatic heterocycles. The summed E-state index contributed by atoms with van der Waals surface area (Å²) in [5.41, 5.74) is 7.21. The Morgan fingerprint density at radius 3 is 2.44 bits per heavy atom. The Labute approximate surface area is 110 Å². The topological polar surface area (TPSA) is 55.1 Å². The van der Waals surface area contributed by atoms with Crippen molar-refractivity contribution in [2.45, 2.75) is 39.7 Å². The van der Waals surface area contributed by atoms with E-state index in [1.807, 2.05) is 30.3 Å². The molecular formula is C15H24N2O. The Morgan fingerprint density at radius 2 is 1.89 bits per heavy atom. The van der Waals surface area contributed by atoms with Crippen LogP contribution in [0.25, 0.3) is 0 Å². The molecule has 3 N–H and O–H groups in total. The summed E-state index contributed by atoms with van der Waals surface area (Å²) in [7, 11) is 0. The van der Waals surface area contributed by atoms with Gasteiger partial charge in [-0.05, 0) is 23.8 Å². The summed E-state index contributed by atoms with van der Waals surface area (Å²) in [6, 6.07) is 9.38. The molecule has 1 atom stereocenters. The van der Waals surface area contributed by atoms with Gasteiger partial charge in [-0.15, -0.1) is 0 Å². The molecule has 1 aromatic carbocycles. The summed E-state index contributed by atoms with van der Waals surface area (Å²) in [5, 5.41) is 2.90. The number of rotatable bonds is 5. The monoisotopic (exact) mass is 248 g/mol. The first-order valence-corrected chi connectivity index (χ1v) is 6.46. The van der Waals surface area contributed by atoms with Gasteiger partial charge in [0.1, 0.15) is 0 Å². The number of amides is 1. The third kappa shape index (κ3) is 5.82. The molecule has 0 saturated heterocycles. The van der Waals surface area contributed by atoms with Crippen molar-refractivity contribution in [2.75, 3.05) is 6.54 Å². The van der Waals surface area contributed by atoms with Crippen molar-refractivity contribution in [1.82, 2.24) is 5.32 Å². The van der Waals surface area contributed by atoms with Crippen LogP contribution in [0.15, 0.2) is 30.3 Å². The van der Waals surface area contributed by atoms with Gasteiger partial charge < -0.3 is 11.1 Å². The lowest BCUT2D eigenvalue weighted by molar-refractivity contribution is -0.122. The van der Waals surface area contributed by atoms with Crippen molar-refractivity contribution in [3.63, 3.8) is 0 Å². The van der Waals surface area contributed by atoms with Gasteiger partial charge in [-0.25, -0.2) is 0 Å². The first-order valence-electron chi connectivity index (χ1n) is 6.46. The van der Waals surface area contributed by atoms with Gasteiger partial charge >= 0.3 is 0 Å². The van der Waals surface area contributed by atoms with Gasteiger partial charge in [0.2, 0.25) is 5.91 Å². The van der Waals surface area contributed by atoms with Gasteiger partial charge in [0, 0.05) is 6.54 Å². The predicted molar refractivity (Wildman–Crippen MR) is 75.2 cm³/mol. The van der Waals surface area contributed by atoms with Crippen molar-refractivity contribution in [2.24, 2.45) is 11.1 Å². The molecular weight excluding hydrogens is 224 g/mol. The molecule has 0 unspecified atom stereocenters. The zero-order chi connectivity index (χ0) is 13.6. The number of nitrogens with one attached hydrogen (secondary N) is 1. The van der Waals surface area contributed by atoms with Crippen LogP contribution in [0, 0.1) is 5.41 Å². The largest absolute Gasteiger partial charge is 0.355 e. The van der Waals surface area contributed by atoms with Gasteiger partial charge in [-0.3, -0.25) is 4.79 Å². The van der Waals surface area contributed by atoms with Crippen LogP contribution in [-0.4, -0.2) is 18.5 Å². The van der Waals surface area contributed by atoms with Gasteiger partial charge in [0.25, 0.3) is 0 Å². The first kappa shape index (κ1) is 14.7. The van der Waals surface area contributed by atoms with E-state index in [1.165, 1.54) is 0 Å². The van der Waals surface area contributed by atoms with Crippen LogP contribution in [0.3, 0.4) is 0 Å². The van der Waals surface area contributed by atoms with E-state index >= 15 is 0 Å². The Hall–Kier alpha value is -1.35. The zero-order valence-electron chi connectivity index (χ0n) is 11.6. The zero-order valence-corrected chi connectivity index (χ0v) is 11.6. The average molecular weight is 248 g/mol. The minimum Gasteiger partial charge on any atom is -0.355 e. The molecule has 18 heavy (non-hydrogen) atoms. The van der Waals surface area contributed by atoms with Crippen LogP contribution in [0.4, 0.5) is 0 Å². The Balaban J connectivity index is 2.34. The molecule has 0 fully saturated rings. The molecule has 0 radical (unpaired) electrons. The third-order valence-corrected chi connectivity index (χ3v) is 2.81. The Morgan fingerprint density at radius 1 is 1.28 bits per heavy atom. The lowest BCUT2D eigenvalue weighted by atomic mass is 9.92. The summed E-state index contributed by atoms with van der Waals surface area (Å²) in [6.07, 6.45) is 1.54. The molecule has 1 rings (SSSR count). The molecule has 1 aromatic rings. The van der Waals surface area contributed by atoms with Crippen molar-refractivity contribution >= 4 is 5.91 Å². The van der Waals surface area contributed by atoms with Crippen molar-refractivity contribution in [1.29, 1.82) is 0 Å². The molecule has 3 nitrogen and oxygen atoms in total. The Kier molecular flexibility index (Phi) is 5.35. The lowest BCUT2D eigenvalue weighted by Crippen LogP contribution is -2.42. The SMILES string of the molecule is CC(C)(C)CCNC(=O)[C@@H](N)Cc1ccccc1. The van der Waals surface area contributed by atoms with E-state index in [4.69, 9.17) is 5.73 Å². The number of hydrogen-bond donors (Lipinski definition) is 2. The molecule has 0 spiro atoms. The second kappa shape index (κ2) is 6.55. The van der Waals surface area contributed by atoms with E-state index < -0.39 is 6.04 Å². The van der Waals surface area contributed by atoms with Crippen molar-refractivity contribution in [3.05, 3.63) is 35.9 Å². The maximum Gasteiger partial charge on any atom is 0.237 e. The minimum atomic E-state index is -0.465. The maximum atomic E-state index is 11.8. The van der Waals surface area contributed by atoms with Crippen molar-refractivity contribution < 1.29 is 4.79 Å². The van der Waals surface area contributed by atoms with E-state index in [0.29, 0.717) is 13.0 Å². The lowest BCUT2D eigenvalue weighted by Gasteiger charge is -2.19. The minimum absolute atomic E-state index is 0.0666. The molecule has 0 aliphatic carbocycles. The summed E-state index contributed by atoms with van der Waals surface area (Å²) >= 11 is 0. The van der Waals surface area contributed by atoms with Crippen LogP contribution < -0.4 is 11.1 Å².